The van der Waals surface area contributed by atoms with E-state index in [1.54, 1.807) is 0 Å². The second-order valence-electron chi connectivity index (χ2n) is 5.47. The number of aliphatic hydroxyl groups excluding tert-OH is 1. The topological polar surface area (TPSA) is 56.6 Å². The molecular weight excluding hydrogens is 228 g/mol. The van der Waals surface area contributed by atoms with Crippen molar-refractivity contribution in [2.75, 3.05) is 24.6 Å². The summed E-state index contributed by atoms with van der Waals surface area (Å²) in [7, 11) is 0. The number of piperidine rings is 1. The highest BCUT2D eigenvalue weighted by Crippen LogP contribution is 2.26. The Hall–Kier alpha value is -1.13. The number of anilines is 1. The van der Waals surface area contributed by atoms with Crippen molar-refractivity contribution in [1.82, 2.24) is 4.98 Å². The van der Waals surface area contributed by atoms with Crippen LogP contribution in [-0.2, 0) is 0 Å². The van der Waals surface area contributed by atoms with Gasteiger partial charge in [-0.05, 0) is 30.9 Å². The SMILES string of the molecule is CC(C)c1ccc(N2CCC(O)(CO)CC2)cn1. The molecule has 1 aromatic rings. The molecule has 1 aliphatic rings. The number of hydrogen-bond donors (Lipinski definition) is 2. The quantitative estimate of drug-likeness (QED) is 0.854. The minimum atomic E-state index is -0.887. The molecule has 0 spiro atoms. The molecule has 100 valence electrons. The molecule has 0 radical (unpaired) electrons. The van der Waals surface area contributed by atoms with E-state index in [0.29, 0.717) is 18.8 Å². The average molecular weight is 250 g/mol. The van der Waals surface area contributed by atoms with Crippen LogP contribution in [0.5, 0.6) is 0 Å². The van der Waals surface area contributed by atoms with Crippen LogP contribution in [0.1, 0.15) is 38.3 Å². The molecule has 0 aliphatic carbocycles. The highest BCUT2D eigenvalue weighted by atomic mass is 16.3. The molecular formula is C14H22N2O2. The largest absolute Gasteiger partial charge is 0.393 e. The first-order valence-corrected chi connectivity index (χ1v) is 6.58. The Bertz CT molecular complexity index is 381. The molecule has 1 aromatic heterocycles. The summed E-state index contributed by atoms with van der Waals surface area (Å²) in [6.07, 6.45) is 3.11. The third kappa shape index (κ3) is 2.82. The van der Waals surface area contributed by atoms with Crippen LogP contribution in [0.15, 0.2) is 18.3 Å². The third-order valence-electron chi connectivity index (χ3n) is 3.72. The van der Waals surface area contributed by atoms with Crippen molar-refractivity contribution in [2.24, 2.45) is 0 Å². The Balaban J connectivity index is 2.01. The first-order chi connectivity index (χ1) is 8.54. The van der Waals surface area contributed by atoms with Gasteiger partial charge in [-0.25, -0.2) is 0 Å². The number of hydrogen-bond acceptors (Lipinski definition) is 4. The molecule has 1 fully saturated rings. The lowest BCUT2D eigenvalue weighted by Crippen LogP contribution is -2.46. The smallest absolute Gasteiger partial charge is 0.0911 e. The van der Waals surface area contributed by atoms with Gasteiger partial charge < -0.3 is 15.1 Å². The standard InChI is InChI=1S/C14H22N2O2/c1-11(2)13-4-3-12(9-15-13)16-7-5-14(18,10-17)6-8-16/h3-4,9,11,17-18H,5-8,10H2,1-2H3. The highest BCUT2D eigenvalue weighted by molar-refractivity contribution is 5.45. The first kappa shape index (κ1) is 13.3. The molecule has 2 heterocycles. The van der Waals surface area contributed by atoms with Crippen LogP contribution in [0.3, 0.4) is 0 Å². The fraction of sp³-hybridized carbons (Fsp3) is 0.643. The number of rotatable bonds is 3. The molecule has 4 nitrogen and oxygen atoms in total. The minimum absolute atomic E-state index is 0.147. The monoisotopic (exact) mass is 250 g/mol. The van der Waals surface area contributed by atoms with Crippen molar-refractivity contribution >= 4 is 5.69 Å². The van der Waals surface area contributed by atoms with Crippen LogP contribution in [0.2, 0.25) is 0 Å². The van der Waals surface area contributed by atoms with Crippen LogP contribution in [-0.4, -0.2) is 40.5 Å². The normalized spacial score (nSPS) is 19.3. The fourth-order valence-electron chi connectivity index (χ4n) is 2.27. The summed E-state index contributed by atoms with van der Waals surface area (Å²) >= 11 is 0. The number of aromatic nitrogens is 1. The molecule has 2 N–H and O–H groups in total. The van der Waals surface area contributed by atoms with Gasteiger partial charge in [0.15, 0.2) is 0 Å². The van der Waals surface area contributed by atoms with Crippen molar-refractivity contribution in [3.05, 3.63) is 24.0 Å². The van der Waals surface area contributed by atoms with E-state index in [4.69, 9.17) is 5.11 Å². The second-order valence-corrected chi connectivity index (χ2v) is 5.47. The van der Waals surface area contributed by atoms with Crippen LogP contribution in [0.25, 0.3) is 0 Å². The molecule has 2 rings (SSSR count). The van der Waals surface area contributed by atoms with Gasteiger partial charge in [0.25, 0.3) is 0 Å². The summed E-state index contributed by atoms with van der Waals surface area (Å²) in [5.74, 6) is 0.444. The van der Waals surface area contributed by atoms with Crippen LogP contribution in [0.4, 0.5) is 5.69 Å². The third-order valence-corrected chi connectivity index (χ3v) is 3.72. The highest BCUT2D eigenvalue weighted by Gasteiger charge is 2.31. The van der Waals surface area contributed by atoms with Gasteiger partial charge in [-0.15, -0.1) is 0 Å². The average Bonchev–Trinajstić information content (AvgIpc) is 2.40. The van der Waals surface area contributed by atoms with Gasteiger partial charge in [-0.2, -0.15) is 0 Å². The molecule has 0 saturated carbocycles. The van der Waals surface area contributed by atoms with Gasteiger partial charge in [0.1, 0.15) is 0 Å². The van der Waals surface area contributed by atoms with Crippen molar-refractivity contribution in [2.45, 2.75) is 38.2 Å². The van der Waals surface area contributed by atoms with E-state index in [9.17, 15) is 5.11 Å². The van der Waals surface area contributed by atoms with Crippen molar-refractivity contribution < 1.29 is 10.2 Å². The predicted molar refractivity (Wildman–Crippen MR) is 71.8 cm³/mol. The first-order valence-electron chi connectivity index (χ1n) is 6.58. The maximum absolute atomic E-state index is 9.97. The molecule has 1 aliphatic heterocycles. The molecule has 0 amide bonds. The van der Waals surface area contributed by atoms with E-state index < -0.39 is 5.60 Å². The molecule has 1 saturated heterocycles. The van der Waals surface area contributed by atoms with Crippen molar-refractivity contribution in [1.29, 1.82) is 0 Å². The number of aliphatic hydroxyl groups is 2. The molecule has 0 aromatic carbocycles. The number of pyridine rings is 1. The Morgan fingerprint density at radius 3 is 2.44 bits per heavy atom. The fourth-order valence-corrected chi connectivity index (χ4v) is 2.27. The Labute approximate surface area is 108 Å². The zero-order valence-corrected chi connectivity index (χ0v) is 11.1. The van der Waals surface area contributed by atoms with Gasteiger partial charge in [0, 0.05) is 18.8 Å². The zero-order chi connectivity index (χ0) is 13.2. The van der Waals surface area contributed by atoms with E-state index in [-0.39, 0.29) is 6.61 Å². The zero-order valence-electron chi connectivity index (χ0n) is 11.1. The summed E-state index contributed by atoms with van der Waals surface area (Å²) < 4.78 is 0. The van der Waals surface area contributed by atoms with E-state index >= 15 is 0 Å². The summed E-state index contributed by atoms with van der Waals surface area (Å²) in [5, 5.41) is 19.1. The van der Waals surface area contributed by atoms with Gasteiger partial charge in [0.2, 0.25) is 0 Å². The molecule has 0 atom stereocenters. The van der Waals surface area contributed by atoms with Gasteiger partial charge in [-0.1, -0.05) is 13.8 Å². The summed E-state index contributed by atoms with van der Waals surface area (Å²) in [5.41, 5.74) is 1.31. The van der Waals surface area contributed by atoms with Gasteiger partial charge >= 0.3 is 0 Å². The lowest BCUT2D eigenvalue weighted by atomic mass is 9.92. The van der Waals surface area contributed by atoms with Crippen molar-refractivity contribution in [3.8, 4) is 0 Å². The van der Waals surface area contributed by atoms with Gasteiger partial charge in [-0.3, -0.25) is 4.98 Å². The molecule has 0 bridgehead atoms. The molecule has 4 heteroatoms. The lowest BCUT2D eigenvalue weighted by molar-refractivity contribution is -0.0325. The van der Waals surface area contributed by atoms with Crippen LogP contribution in [0, 0.1) is 0 Å². The Morgan fingerprint density at radius 2 is 2.00 bits per heavy atom. The van der Waals surface area contributed by atoms with Crippen LogP contribution < -0.4 is 4.90 Å². The van der Waals surface area contributed by atoms with Gasteiger partial charge in [0.05, 0.1) is 24.1 Å². The molecule has 18 heavy (non-hydrogen) atoms. The van der Waals surface area contributed by atoms with E-state index in [2.05, 4.69) is 35.9 Å². The maximum Gasteiger partial charge on any atom is 0.0911 e. The summed E-state index contributed by atoms with van der Waals surface area (Å²) in [6, 6.07) is 4.15. The molecule has 0 unspecified atom stereocenters. The lowest BCUT2D eigenvalue weighted by Gasteiger charge is -2.38. The minimum Gasteiger partial charge on any atom is -0.393 e. The number of nitrogens with zero attached hydrogens (tertiary/aromatic N) is 2. The second kappa shape index (κ2) is 5.24. The Kier molecular flexibility index (Phi) is 3.88. The van der Waals surface area contributed by atoms with Crippen LogP contribution >= 0.6 is 0 Å². The van der Waals surface area contributed by atoms with Crippen molar-refractivity contribution in [3.63, 3.8) is 0 Å². The van der Waals surface area contributed by atoms with E-state index in [1.807, 2.05) is 6.20 Å². The maximum atomic E-state index is 9.97. The van der Waals surface area contributed by atoms with E-state index in [0.717, 1.165) is 24.5 Å². The predicted octanol–water partition coefficient (Wildman–Crippen LogP) is 1.53. The summed E-state index contributed by atoms with van der Waals surface area (Å²) in [6.45, 7) is 5.64. The van der Waals surface area contributed by atoms with E-state index in [1.165, 1.54) is 0 Å². The summed E-state index contributed by atoms with van der Waals surface area (Å²) in [4.78, 5) is 6.67. The Morgan fingerprint density at radius 1 is 1.33 bits per heavy atom.